The number of hydrogen-bond donors (Lipinski definition) is 1. The second kappa shape index (κ2) is 5.09. The smallest absolute Gasteiger partial charge is 0.220 e. The van der Waals surface area contributed by atoms with Crippen molar-refractivity contribution in [3.63, 3.8) is 0 Å². The van der Waals surface area contributed by atoms with Crippen LogP contribution >= 0.6 is 0 Å². The summed E-state index contributed by atoms with van der Waals surface area (Å²) in [5.74, 6) is 1.08. The van der Waals surface area contributed by atoms with E-state index >= 15 is 0 Å². The van der Waals surface area contributed by atoms with Crippen molar-refractivity contribution < 1.29 is 14.3 Å². The third kappa shape index (κ3) is 2.36. The predicted octanol–water partition coefficient (Wildman–Crippen LogP) is 3.71. The van der Waals surface area contributed by atoms with Crippen LogP contribution in [0.1, 0.15) is 11.5 Å². The van der Waals surface area contributed by atoms with Gasteiger partial charge in [0.25, 0.3) is 0 Å². The zero-order chi connectivity index (χ0) is 13.9. The van der Waals surface area contributed by atoms with Gasteiger partial charge in [0, 0.05) is 6.08 Å². The second-order valence-corrected chi connectivity index (χ2v) is 4.28. The monoisotopic (exact) mass is 267 g/mol. The van der Waals surface area contributed by atoms with E-state index in [4.69, 9.17) is 9.15 Å². The molecule has 4 heteroatoms. The molecule has 4 nitrogen and oxygen atoms in total. The first-order valence-corrected chi connectivity index (χ1v) is 6.17. The van der Waals surface area contributed by atoms with Crippen molar-refractivity contribution in [3.05, 3.63) is 53.9 Å². The normalized spacial score (nSPS) is 11.2. The van der Waals surface area contributed by atoms with Crippen molar-refractivity contribution in [2.45, 2.75) is 0 Å². The zero-order valence-electron chi connectivity index (χ0n) is 10.9. The van der Waals surface area contributed by atoms with Crippen LogP contribution in [0.25, 0.3) is 23.3 Å². The highest BCUT2D eigenvalue weighted by Crippen LogP contribution is 2.27. The number of hydrogen-bond acceptors (Lipinski definition) is 4. The highest BCUT2D eigenvalue weighted by atomic mass is 16.5. The van der Waals surface area contributed by atoms with Crippen LogP contribution in [0.4, 0.5) is 0 Å². The Morgan fingerprint density at radius 3 is 2.75 bits per heavy atom. The fourth-order valence-electron chi connectivity index (χ4n) is 1.94. The summed E-state index contributed by atoms with van der Waals surface area (Å²) in [6, 6.07) is 12.8. The third-order valence-corrected chi connectivity index (χ3v) is 2.93. The minimum absolute atomic E-state index is 0.104. The van der Waals surface area contributed by atoms with Crippen molar-refractivity contribution in [1.29, 1.82) is 0 Å². The number of oxazole rings is 1. The van der Waals surface area contributed by atoms with Gasteiger partial charge >= 0.3 is 0 Å². The Morgan fingerprint density at radius 1 is 1.15 bits per heavy atom. The number of rotatable bonds is 3. The topological polar surface area (TPSA) is 55.5 Å². The molecule has 20 heavy (non-hydrogen) atoms. The molecule has 3 rings (SSSR count). The maximum absolute atomic E-state index is 9.70. The quantitative estimate of drug-likeness (QED) is 0.786. The lowest BCUT2D eigenvalue weighted by molar-refractivity contribution is 0.373. The molecule has 3 aromatic rings. The molecule has 0 aliphatic rings. The number of nitrogens with zero attached hydrogens (tertiary/aromatic N) is 1. The standard InChI is InChI=1S/C16H13NO3/c1-19-15-8-6-11(10-13(15)18)7-9-16-17-12-4-2-3-5-14(12)20-16/h2-10,18H,1H3/b9-7+. The summed E-state index contributed by atoms with van der Waals surface area (Å²) in [7, 11) is 1.52. The number of para-hydroxylation sites is 2. The molecule has 0 aliphatic heterocycles. The van der Waals surface area contributed by atoms with Gasteiger partial charge in [-0.2, -0.15) is 0 Å². The first-order valence-electron chi connectivity index (χ1n) is 6.17. The van der Waals surface area contributed by atoms with Crippen LogP contribution in [0, 0.1) is 0 Å². The summed E-state index contributed by atoms with van der Waals surface area (Å²) in [5, 5.41) is 9.70. The number of fused-ring (bicyclic) bond motifs is 1. The molecular weight excluding hydrogens is 254 g/mol. The number of aromatic nitrogens is 1. The lowest BCUT2D eigenvalue weighted by Crippen LogP contribution is -1.83. The van der Waals surface area contributed by atoms with Gasteiger partial charge < -0.3 is 14.3 Å². The molecule has 0 aliphatic carbocycles. The van der Waals surface area contributed by atoms with E-state index in [2.05, 4.69) is 4.98 Å². The average molecular weight is 267 g/mol. The summed E-state index contributed by atoms with van der Waals surface area (Å²) in [5.41, 5.74) is 2.42. The molecular formula is C16H13NO3. The van der Waals surface area contributed by atoms with E-state index in [1.807, 2.05) is 36.4 Å². The van der Waals surface area contributed by atoms with E-state index in [1.165, 1.54) is 7.11 Å². The number of ether oxygens (including phenoxy) is 1. The number of methoxy groups -OCH3 is 1. The fraction of sp³-hybridized carbons (Fsp3) is 0.0625. The van der Waals surface area contributed by atoms with Gasteiger partial charge in [0.05, 0.1) is 7.11 Å². The number of phenols is 1. The minimum Gasteiger partial charge on any atom is -0.504 e. The molecule has 0 fully saturated rings. The minimum atomic E-state index is 0.104. The Bertz CT molecular complexity index is 741. The first-order chi connectivity index (χ1) is 9.76. The summed E-state index contributed by atoms with van der Waals surface area (Å²) in [4.78, 5) is 4.34. The summed E-state index contributed by atoms with van der Waals surface area (Å²) in [6.07, 6.45) is 3.59. The van der Waals surface area contributed by atoms with Crippen LogP contribution in [0.15, 0.2) is 46.9 Å². The molecule has 0 spiro atoms. The Hall–Kier alpha value is -2.75. The summed E-state index contributed by atoms with van der Waals surface area (Å²) < 4.78 is 10.6. The molecule has 0 amide bonds. The molecule has 1 heterocycles. The lowest BCUT2D eigenvalue weighted by Gasteiger charge is -2.02. The van der Waals surface area contributed by atoms with Gasteiger partial charge in [-0.3, -0.25) is 0 Å². The highest BCUT2D eigenvalue weighted by Gasteiger charge is 2.02. The SMILES string of the molecule is COc1ccc(/C=C/c2nc3ccccc3o2)cc1O. The van der Waals surface area contributed by atoms with Crippen molar-refractivity contribution in [2.75, 3.05) is 7.11 Å². The second-order valence-electron chi connectivity index (χ2n) is 4.28. The van der Waals surface area contributed by atoms with Gasteiger partial charge in [0.1, 0.15) is 5.52 Å². The van der Waals surface area contributed by atoms with Gasteiger partial charge in [0.15, 0.2) is 17.1 Å². The molecule has 0 atom stereocenters. The van der Waals surface area contributed by atoms with Crippen molar-refractivity contribution in [1.82, 2.24) is 4.98 Å². The van der Waals surface area contributed by atoms with Crippen molar-refractivity contribution >= 4 is 23.3 Å². The van der Waals surface area contributed by atoms with Gasteiger partial charge in [-0.25, -0.2) is 4.98 Å². The molecule has 1 N–H and O–H groups in total. The molecule has 2 aromatic carbocycles. The number of phenolic OH excluding ortho intramolecular Hbond substituents is 1. The predicted molar refractivity (Wildman–Crippen MR) is 77.6 cm³/mol. The van der Waals surface area contributed by atoms with Crippen LogP contribution in [-0.4, -0.2) is 17.2 Å². The maximum Gasteiger partial charge on any atom is 0.220 e. The first kappa shape index (κ1) is 12.3. The highest BCUT2D eigenvalue weighted by molar-refractivity contribution is 5.76. The molecule has 0 unspecified atom stereocenters. The van der Waals surface area contributed by atoms with Gasteiger partial charge in [-0.1, -0.05) is 18.2 Å². The lowest BCUT2D eigenvalue weighted by atomic mass is 10.2. The largest absolute Gasteiger partial charge is 0.504 e. The number of aromatic hydroxyl groups is 1. The van der Waals surface area contributed by atoms with Crippen LogP contribution < -0.4 is 4.74 Å². The van der Waals surface area contributed by atoms with Crippen LogP contribution in [0.2, 0.25) is 0 Å². The van der Waals surface area contributed by atoms with E-state index in [0.717, 1.165) is 16.7 Å². The van der Waals surface area contributed by atoms with E-state index in [1.54, 1.807) is 18.2 Å². The van der Waals surface area contributed by atoms with Gasteiger partial charge in [-0.05, 0) is 35.9 Å². The van der Waals surface area contributed by atoms with Crippen molar-refractivity contribution in [2.24, 2.45) is 0 Å². The van der Waals surface area contributed by atoms with E-state index in [-0.39, 0.29) is 5.75 Å². The number of benzene rings is 2. The van der Waals surface area contributed by atoms with Gasteiger partial charge in [-0.15, -0.1) is 0 Å². The Kier molecular flexibility index (Phi) is 3.13. The zero-order valence-corrected chi connectivity index (χ0v) is 10.9. The molecule has 0 saturated carbocycles. The molecule has 100 valence electrons. The molecule has 0 radical (unpaired) electrons. The Balaban J connectivity index is 1.88. The third-order valence-electron chi connectivity index (χ3n) is 2.93. The van der Waals surface area contributed by atoms with Crippen LogP contribution in [0.5, 0.6) is 11.5 Å². The molecule has 0 bridgehead atoms. The van der Waals surface area contributed by atoms with E-state index < -0.39 is 0 Å². The molecule has 1 aromatic heterocycles. The van der Waals surface area contributed by atoms with E-state index in [9.17, 15) is 5.11 Å². The summed E-state index contributed by atoms with van der Waals surface area (Å²) >= 11 is 0. The molecule has 0 saturated heterocycles. The Labute approximate surface area is 115 Å². The maximum atomic E-state index is 9.70. The fourth-order valence-corrected chi connectivity index (χ4v) is 1.94. The van der Waals surface area contributed by atoms with Crippen molar-refractivity contribution in [3.8, 4) is 11.5 Å². The van der Waals surface area contributed by atoms with Crippen LogP contribution in [0.3, 0.4) is 0 Å². The van der Waals surface area contributed by atoms with E-state index in [0.29, 0.717) is 11.6 Å². The summed E-state index contributed by atoms with van der Waals surface area (Å²) in [6.45, 7) is 0. The Morgan fingerprint density at radius 2 is 2.00 bits per heavy atom. The average Bonchev–Trinajstić information content (AvgIpc) is 2.88. The van der Waals surface area contributed by atoms with Crippen LogP contribution in [-0.2, 0) is 0 Å². The van der Waals surface area contributed by atoms with Gasteiger partial charge in [0.2, 0.25) is 5.89 Å².